The van der Waals surface area contributed by atoms with E-state index in [2.05, 4.69) is 23.8 Å². The first kappa shape index (κ1) is 15.0. The maximum atomic E-state index is 12.2. The first-order chi connectivity index (χ1) is 8.32. The molecular weight excluding hydrogens is 234 g/mol. The molecule has 1 aromatic rings. The minimum absolute atomic E-state index is 0.0161. The zero-order valence-electron chi connectivity index (χ0n) is 11.8. The van der Waals surface area contributed by atoms with Gasteiger partial charge in [-0.1, -0.05) is 20.8 Å². The molecule has 0 bridgehead atoms. The van der Waals surface area contributed by atoms with Crippen LogP contribution in [0.5, 0.6) is 0 Å². The van der Waals surface area contributed by atoms with Crippen molar-refractivity contribution in [3.63, 3.8) is 0 Å². The Kier molecular flexibility index (Phi) is 5.17. The highest BCUT2D eigenvalue weighted by atomic mass is 19.3. The standard InChI is InChI=1S/C14H22F2N2/c1-8(2)13-10(4)17-14(18-11(13)5)9(3)6-7-12(15)16/h8-9,12H,6-7H2,1-5H3/t9-/m1/s1. The topological polar surface area (TPSA) is 25.8 Å². The van der Waals surface area contributed by atoms with Crippen molar-refractivity contribution in [2.45, 2.75) is 65.7 Å². The van der Waals surface area contributed by atoms with Gasteiger partial charge in [0, 0.05) is 23.7 Å². The van der Waals surface area contributed by atoms with E-state index in [1.165, 1.54) is 5.56 Å². The fourth-order valence-corrected chi connectivity index (χ4v) is 2.31. The molecule has 1 heterocycles. The lowest BCUT2D eigenvalue weighted by molar-refractivity contribution is 0.132. The average Bonchev–Trinajstić information content (AvgIpc) is 2.24. The van der Waals surface area contributed by atoms with Crippen molar-refractivity contribution in [2.24, 2.45) is 0 Å². The van der Waals surface area contributed by atoms with Gasteiger partial charge in [-0.2, -0.15) is 0 Å². The van der Waals surface area contributed by atoms with Crippen LogP contribution in [0, 0.1) is 13.8 Å². The van der Waals surface area contributed by atoms with E-state index in [-0.39, 0.29) is 12.3 Å². The molecule has 0 aliphatic heterocycles. The summed E-state index contributed by atoms with van der Waals surface area (Å²) in [4.78, 5) is 8.95. The average molecular weight is 256 g/mol. The number of aromatic nitrogens is 2. The van der Waals surface area contributed by atoms with E-state index < -0.39 is 6.43 Å². The highest BCUT2D eigenvalue weighted by Crippen LogP contribution is 2.25. The van der Waals surface area contributed by atoms with Gasteiger partial charge in [0.25, 0.3) is 0 Å². The highest BCUT2D eigenvalue weighted by Gasteiger charge is 2.16. The Hall–Kier alpha value is -1.06. The van der Waals surface area contributed by atoms with Crippen LogP contribution in [0.2, 0.25) is 0 Å². The van der Waals surface area contributed by atoms with Crippen molar-refractivity contribution in [3.05, 3.63) is 22.8 Å². The molecule has 1 atom stereocenters. The Balaban J connectivity index is 2.92. The zero-order chi connectivity index (χ0) is 13.9. The number of hydrogen-bond donors (Lipinski definition) is 0. The van der Waals surface area contributed by atoms with Crippen molar-refractivity contribution < 1.29 is 8.78 Å². The normalized spacial score (nSPS) is 13.4. The van der Waals surface area contributed by atoms with Gasteiger partial charge in [0.2, 0.25) is 6.43 Å². The first-order valence-corrected chi connectivity index (χ1v) is 6.46. The molecule has 0 N–H and O–H groups in total. The van der Waals surface area contributed by atoms with Gasteiger partial charge < -0.3 is 0 Å². The lowest BCUT2D eigenvalue weighted by atomic mass is 9.98. The van der Waals surface area contributed by atoms with Gasteiger partial charge in [0.15, 0.2) is 0 Å². The summed E-state index contributed by atoms with van der Waals surface area (Å²) in [5.41, 5.74) is 3.10. The van der Waals surface area contributed by atoms with E-state index >= 15 is 0 Å². The Bertz CT molecular complexity index is 380. The molecule has 0 aromatic carbocycles. The minimum Gasteiger partial charge on any atom is -0.238 e. The number of nitrogens with zero attached hydrogens (tertiary/aromatic N) is 2. The summed E-state index contributed by atoms with van der Waals surface area (Å²) in [6.07, 6.45) is -1.91. The van der Waals surface area contributed by atoms with Crippen LogP contribution in [0.3, 0.4) is 0 Å². The molecule has 2 nitrogen and oxygen atoms in total. The summed E-state index contributed by atoms with van der Waals surface area (Å²) in [5.74, 6) is 1.06. The number of rotatable bonds is 5. The SMILES string of the molecule is Cc1nc([C@H](C)CCC(F)F)nc(C)c1C(C)C. The summed E-state index contributed by atoms with van der Waals surface area (Å²) in [6, 6.07) is 0. The van der Waals surface area contributed by atoms with Crippen LogP contribution in [-0.4, -0.2) is 16.4 Å². The fraction of sp³-hybridized carbons (Fsp3) is 0.714. The zero-order valence-corrected chi connectivity index (χ0v) is 11.8. The quantitative estimate of drug-likeness (QED) is 0.782. The van der Waals surface area contributed by atoms with Gasteiger partial charge in [-0.25, -0.2) is 18.7 Å². The van der Waals surface area contributed by atoms with Crippen LogP contribution in [0.4, 0.5) is 8.78 Å². The van der Waals surface area contributed by atoms with Crippen LogP contribution < -0.4 is 0 Å². The molecular formula is C14H22F2N2. The molecule has 1 aromatic heterocycles. The smallest absolute Gasteiger partial charge is 0.238 e. The van der Waals surface area contributed by atoms with Crippen molar-refractivity contribution in [1.29, 1.82) is 0 Å². The van der Waals surface area contributed by atoms with E-state index in [1.807, 2.05) is 20.8 Å². The molecule has 102 valence electrons. The van der Waals surface area contributed by atoms with E-state index in [9.17, 15) is 8.78 Å². The predicted molar refractivity (Wildman–Crippen MR) is 69.2 cm³/mol. The minimum atomic E-state index is -2.25. The number of aryl methyl sites for hydroxylation is 2. The van der Waals surface area contributed by atoms with Gasteiger partial charge in [0.1, 0.15) is 5.82 Å². The highest BCUT2D eigenvalue weighted by molar-refractivity contribution is 5.27. The van der Waals surface area contributed by atoms with Crippen molar-refractivity contribution >= 4 is 0 Å². The first-order valence-electron chi connectivity index (χ1n) is 6.46. The third-order valence-corrected chi connectivity index (χ3v) is 3.18. The van der Waals surface area contributed by atoms with Crippen LogP contribution in [0.1, 0.15) is 68.2 Å². The van der Waals surface area contributed by atoms with Crippen LogP contribution >= 0.6 is 0 Å². The maximum Gasteiger partial charge on any atom is 0.238 e. The predicted octanol–water partition coefficient (Wildman–Crippen LogP) is 4.37. The van der Waals surface area contributed by atoms with Gasteiger partial charge in [-0.05, 0) is 31.7 Å². The van der Waals surface area contributed by atoms with E-state index in [1.54, 1.807) is 0 Å². The van der Waals surface area contributed by atoms with E-state index in [0.717, 1.165) is 11.4 Å². The molecule has 0 aliphatic carbocycles. The van der Waals surface area contributed by atoms with Crippen LogP contribution in [-0.2, 0) is 0 Å². The Morgan fingerprint density at radius 3 is 1.83 bits per heavy atom. The largest absolute Gasteiger partial charge is 0.238 e. The molecule has 4 heteroatoms. The number of halogens is 2. The second kappa shape index (κ2) is 6.21. The van der Waals surface area contributed by atoms with E-state index in [0.29, 0.717) is 18.2 Å². The Morgan fingerprint density at radius 2 is 1.44 bits per heavy atom. The van der Waals surface area contributed by atoms with Gasteiger partial charge >= 0.3 is 0 Å². The summed E-state index contributed by atoms with van der Waals surface area (Å²) < 4.78 is 24.4. The summed E-state index contributed by atoms with van der Waals surface area (Å²) in [5, 5.41) is 0. The van der Waals surface area contributed by atoms with Crippen molar-refractivity contribution in [1.82, 2.24) is 9.97 Å². The second-order valence-electron chi connectivity index (χ2n) is 5.19. The summed E-state index contributed by atoms with van der Waals surface area (Å²) in [7, 11) is 0. The summed E-state index contributed by atoms with van der Waals surface area (Å²) in [6.45, 7) is 10.1. The maximum absolute atomic E-state index is 12.2. The van der Waals surface area contributed by atoms with Crippen molar-refractivity contribution in [2.75, 3.05) is 0 Å². The number of hydrogen-bond acceptors (Lipinski definition) is 2. The second-order valence-corrected chi connectivity index (χ2v) is 5.19. The third-order valence-electron chi connectivity index (χ3n) is 3.18. The molecule has 18 heavy (non-hydrogen) atoms. The third kappa shape index (κ3) is 3.72. The van der Waals surface area contributed by atoms with Gasteiger partial charge in [-0.3, -0.25) is 0 Å². The Morgan fingerprint density at radius 1 is 0.944 bits per heavy atom. The molecule has 0 fully saturated rings. The molecule has 0 spiro atoms. The summed E-state index contributed by atoms with van der Waals surface area (Å²) >= 11 is 0. The van der Waals surface area contributed by atoms with Gasteiger partial charge in [-0.15, -0.1) is 0 Å². The molecule has 0 unspecified atom stereocenters. The lowest BCUT2D eigenvalue weighted by Gasteiger charge is -2.16. The van der Waals surface area contributed by atoms with Gasteiger partial charge in [0.05, 0.1) is 0 Å². The molecule has 1 rings (SSSR count). The van der Waals surface area contributed by atoms with E-state index in [4.69, 9.17) is 0 Å². The fourth-order valence-electron chi connectivity index (χ4n) is 2.31. The Labute approximate surface area is 108 Å². The number of alkyl halides is 2. The molecule has 0 saturated carbocycles. The van der Waals surface area contributed by atoms with Crippen LogP contribution in [0.25, 0.3) is 0 Å². The molecule has 0 radical (unpaired) electrons. The molecule has 0 saturated heterocycles. The molecule has 0 aliphatic rings. The lowest BCUT2D eigenvalue weighted by Crippen LogP contribution is -2.10. The molecule has 0 amide bonds. The van der Waals surface area contributed by atoms with Crippen molar-refractivity contribution in [3.8, 4) is 0 Å². The van der Waals surface area contributed by atoms with Crippen LogP contribution in [0.15, 0.2) is 0 Å². The monoisotopic (exact) mass is 256 g/mol.